The molecule has 0 aromatic heterocycles. The Morgan fingerprint density at radius 1 is 1.67 bits per heavy atom. The van der Waals surface area contributed by atoms with Gasteiger partial charge in [0.25, 0.3) is 0 Å². The van der Waals surface area contributed by atoms with Crippen LogP contribution in [0.5, 0.6) is 0 Å². The molecule has 1 fully saturated rings. The molecule has 1 saturated heterocycles. The minimum absolute atomic E-state index is 0.293. The first kappa shape index (κ1) is 9.96. The lowest BCUT2D eigenvalue weighted by atomic mass is 10.2. The number of nitrogens with zero attached hydrogens (tertiary/aromatic N) is 2. The highest BCUT2D eigenvalue weighted by molar-refractivity contribution is 4.81. The smallest absolute Gasteiger partial charge is 0.0232 e. The predicted octanol–water partition coefficient (Wildman–Crippen LogP) is -0.0305. The van der Waals surface area contributed by atoms with Crippen LogP contribution in [0.3, 0.4) is 0 Å². The van der Waals surface area contributed by atoms with E-state index in [0.717, 1.165) is 12.6 Å². The first-order valence-corrected chi connectivity index (χ1v) is 4.74. The van der Waals surface area contributed by atoms with Crippen LogP contribution in [0.1, 0.15) is 13.3 Å². The number of likely N-dealkylation sites (tertiary alicyclic amines) is 1. The second kappa shape index (κ2) is 4.21. The van der Waals surface area contributed by atoms with Gasteiger partial charge in [0.05, 0.1) is 0 Å². The Labute approximate surface area is 75.5 Å². The topological polar surface area (TPSA) is 32.5 Å². The lowest BCUT2D eigenvalue weighted by Gasteiger charge is -2.25. The van der Waals surface area contributed by atoms with Crippen molar-refractivity contribution < 1.29 is 0 Å². The molecule has 0 bridgehead atoms. The lowest BCUT2D eigenvalue weighted by Crippen LogP contribution is -2.40. The molecule has 1 unspecified atom stereocenters. The highest BCUT2D eigenvalue weighted by Gasteiger charge is 2.23. The normalized spacial score (nSPS) is 28.2. The average Bonchev–Trinajstić information content (AvgIpc) is 2.34. The maximum Gasteiger partial charge on any atom is 0.0232 e. The van der Waals surface area contributed by atoms with Crippen LogP contribution in [-0.2, 0) is 0 Å². The summed E-state index contributed by atoms with van der Waals surface area (Å²) in [6.07, 6.45) is 1.29. The number of hydrogen-bond acceptors (Lipinski definition) is 3. The molecule has 0 saturated carbocycles. The molecule has 2 N–H and O–H groups in total. The van der Waals surface area contributed by atoms with Crippen molar-refractivity contribution in [2.45, 2.75) is 25.4 Å². The van der Waals surface area contributed by atoms with E-state index >= 15 is 0 Å². The first-order valence-electron chi connectivity index (χ1n) is 4.74. The fourth-order valence-corrected chi connectivity index (χ4v) is 1.87. The van der Waals surface area contributed by atoms with Crippen LogP contribution in [0.15, 0.2) is 0 Å². The number of rotatable bonds is 3. The zero-order chi connectivity index (χ0) is 9.14. The molecule has 1 rings (SSSR count). The minimum atomic E-state index is 0.293. The largest absolute Gasteiger partial charge is 0.327 e. The summed E-state index contributed by atoms with van der Waals surface area (Å²) in [5.41, 5.74) is 5.74. The van der Waals surface area contributed by atoms with Gasteiger partial charge in [-0.25, -0.2) is 0 Å². The van der Waals surface area contributed by atoms with Gasteiger partial charge >= 0.3 is 0 Å². The quantitative estimate of drug-likeness (QED) is 0.647. The second-order valence-corrected chi connectivity index (χ2v) is 4.12. The molecule has 1 aliphatic heterocycles. The zero-order valence-electron chi connectivity index (χ0n) is 8.45. The second-order valence-electron chi connectivity index (χ2n) is 4.12. The van der Waals surface area contributed by atoms with Gasteiger partial charge in [-0.1, -0.05) is 0 Å². The summed E-state index contributed by atoms with van der Waals surface area (Å²) in [7, 11) is 4.35. The summed E-state index contributed by atoms with van der Waals surface area (Å²) in [6, 6.07) is 1.02. The van der Waals surface area contributed by atoms with Gasteiger partial charge < -0.3 is 15.5 Å². The molecular weight excluding hydrogens is 150 g/mol. The summed E-state index contributed by atoms with van der Waals surface area (Å²) in [5, 5.41) is 0. The highest BCUT2D eigenvalue weighted by Crippen LogP contribution is 2.11. The Hall–Kier alpha value is -0.120. The molecule has 0 aliphatic carbocycles. The van der Waals surface area contributed by atoms with E-state index in [2.05, 4.69) is 30.8 Å². The van der Waals surface area contributed by atoms with E-state index in [-0.39, 0.29) is 0 Å². The van der Waals surface area contributed by atoms with Crippen LogP contribution in [0.2, 0.25) is 0 Å². The van der Waals surface area contributed by atoms with Crippen molar-refractivity contribution in [2.75, 3.05) is 33.7 Å². The van der Waals surface area contributed by atoms with E-state index in [1.54, 1.807) is 0 Å². The highest BCUT2D eigenvalue weighted by atomic mass is 15.2. The van der Waals surface area contributed by atoms with Gasteiger partial charge in [-0.05, 0) is 34.0 Å². The van der Waals surface area contributed by atoms with Crippen LogP contribution in [0.4, 0.5) is 0 Å². The Kier molecular flexibility index (Phi) is 3.50. The van der Waals surface area contributed by atoms with Crippen LogP contribution in [0.25, 0.3) is 0 Å². The maximum atomic E-state index is 5.74. The van der Waals surface area contributed by atoms with Crippen molar-refractivity contribution in [3.05, 3.63) is 0 Å². The molecule has 12 heavy (non-hydrogen) atoms. The molecule has 1 aliphatic rings. The van der Waals surface area contributed by atoms with Gasteiger partial charge in [0.2, 0.25) is 0 Å². The van der Waals surface area contributed by atoms with Crippen molar-refractivity contribution in [1.82, 2.24) is 9.80 Å². The Bertz CT molecular complexity index is 136. The fourth-order valence-electron chi connectivity index (χ4n) is 1.87. The van der Waals surface area contributed by atoms with Crippen LogP contribution < -0.4 is 5.73 Å². The molecule has 2 atom stereocenters. The Morgan fingerprint density at radius 3 is 2.75 bits per heavy atom. The minimum Gasteiger partial charge on any atom is -0.327 e. The van der Waals surface area contributed by atoms with Crippen molar-refractivity contribution >= 4 is 0 Å². The van der Waals surface area contributed by atoms with Gasteiger partial charge in [-0.3, -0.25) is 0 Å². The molecule has 0 amide bonds. The molecule has 1 heterocycles. The van der Waals surface area contributed by atoms with Gasteiger partial charge in [0.1, 0.15) is 0 Å². The summed E-state index contributed by atoms with van der Waals surface area (Å²) in [6.45, 7) is 5.50. The van der Waals surface area contributed by atoms with E-state index in [1.807, 2.05) is 0 Å². The zero-order valence-corrected chi connectivity index (χ0v) is 8.45. The third kappa shape index (κ3) is 2.73. The molecule has 0 aromatic rings. The molecule has 0 aromatic carbocycles. The van der Waals surface area contributed by atoms with Crippen LogP contribution >= 0.6 is 0 Å². The monoisotopic (exact) mass is 171 g/mol. The molecule has 3 nitrogen and oxygen atoms in total. The molecule has 0 radical (unpaired) electrons. The van der Waals surface area contributed by atoms with E-state index in [9.17, 15) is 0 Å². The third-order valence-electron chi connectivity index (χ3n) is 2.57. The molecule has 3 heteroatoms. The van der Waals surface area contributed by atoms with Crippen LogP contribution in [-0.4, -0.2) is 55.6 Å². The summed E-state index contributed by atoms with van der Waals surface area (Å²) >= 11 is 0. The number of likely N-dealkylation sites (N-methyl/N-ethyl adjacent to an activating group) is 2. The van der Waals surface area contributed by atoms with Crippen molar-refractivity contribution in [2.24, 2.45) is 5.73 Å². The predicted molar refractivity (Wildman–Crippen MR) is 52.2 cm³/mol. The van der Waals surface area contributed by atoms with Crippen molar-refractivity contribution in [1.29, 1.82) is 0 Å². The number of hydrogen-bond donors (Lipinski definition) is 1. The fraction of sp³-hybridized carbons (Fsp3) is 1.00. The summed E-state index contributed by atoms with van der Waals surface area (Å²) < 4.78 is 0. The first-order chi connectivity index (χ1) is 5.59. The third-order valence-corrected chi connectivity index (χ3v) is 2.57. The summed E-state index contributed by atoms with van der Waals surface area (Å²) in [5.74, 6) is 0. The molecular formula is C9H21N3. The Morgan fingerprint density at radius 2 is 2.33 bits per heavy atom. The van der Waals surface area contributed by atoms with Gasteiger partial charge in [0, 0.05) is 25.2 Å². The van der Waals surface area contributed by atoms with Gasteiger partial charge in [0.15, 0.2) is 0 Å². The standard InChI is InChI=1S/C9H21N3/c1-8(10)6-12(3)9-4-5-11(2)7-9/h8-9H,4-7,10H2,1-3H3/t8-,9?/m0/s1. The van der Waals surface area contributed by atoms with E-state index in [4.69, 9.17) is 5.73 Å². The van der Waals surface area contributed by atoms with E-state index < -0.39 is 0 Å². The van der Waals surface area contributed by atoms with Gasteiger partial charge in [-0.15, -0.1) is 0 Å². The molecule has 72 valence electrons. The maximum absolute atomic E-state index is 5.74. The lowest BCUT2D eigenvalue weighted by molar-refractivity contribution is 0.232. The van der Waals surface area contributed by atoms with E-state index in [0.29, 0.717) is 6.04 Å². The summed E-state index contributed by atoms with van der Waals surface area (Å²) in [4.78, 5) is 4.76. The van der Waals surface area contributed by atoms with Crippen molar-refractivity contribution in [3.8, 4) is 0 Å². The van der Waals surface area contributed by atoms with Gasteiger partial charge in [-0.2, -0.15) is 0 Å². The van der Waals surface area contributed by atoms with Crippen LogP contribution in [0, 0.1) is 0 Å². The number of nitrogens with two attached hydrogens (primary N) is 1. The SMILES string of the molecule is C[C@H](N)CN(C)C1CCN(C)C1. The van der Waals surface area contributed by atoms with E-state index in [1.165, 1.54) is 19.5 Å². The average molecular weight is 171 g/mol. The Balaban J connectivity index is 2.28. The molecule has 0 spiro atoms. The van der Waals surface area contributed by atoms with Crippen molar-refractivity contribution in [3.63, 3.8) is 0 Å².